The summed E-state index contributed by atoms with van der Waals surface area (Å²) in [6, 6.07) is 15.9. The fourth-order valence-electron chi connectivity index (χ4n) is 2.68. The Bertz CT molecular complexity index is 613. The van der Waals surface area contributed by atoms with E-state index in [1.807, 2.05) is 36.4 Å². The van der Waals surface area contributed by atoms with E-state index in [0.717, 1.165) is 42.5 Å². The molecular formula is C19H22Cl2NO2-. The first-order valence-electron chi connectivity index (χ1n) is 8.08. The Balaban J connectivity index is 0.00000208. The van der Waals surface area contributed by atoms with Crippen LogP contribution in [-0.2, 0) is 17.9 Å². The molecule has 0 radical (unpaired) electrons. The van der Waals surface area contributed by atoms with Crippen LogP contribution in [0.3, 0.4) is 0 Å². The van der Waals surface area contributed by atoms with Gasteiger partial charge in [-0.2, -0.15) is 0 Å². The van der Waals surface area contributed by atoms with Crippen LogP contribution in [0.15, 0.2) is 48.5 Å². The minimum absolute atomic E-state index is 0. The van der Waals surface area contributed by atoms with E-state index >= 15 is 0 Å². The van der Waals surface area contributed by atoms with Crippen LogP contribution < -0.4 is 22.5 Å². The SMILES string of the molecule is Clc1ccc(COc2cccc(CNCC3CCCO3)c2)cc1.[Cl-]. The topological polar surface area (TPSA) is 30.5 Å². The lowest BCUT2D eigenvalue weighted by Gasteiger charge is -2.12. The van der Waals surface area contributed by atoms with Gasteiger partial charge in [0.2, 0.25) is 0 Å². The lowest BCUT2D eigenvalue weighted by Crippen LogP contribution is -3.00. The molecule has 1 atom stereocenters. The second-order valence-electron chi connectivity index (χ2n) is 5.83. The van der Waals surface area contributed by atoms with Crippen molar-refractivity contribution in [2.45, 2.75) is 32.1 Å². The van der Waals surface area contributed by atoms with Gasteiger partial charge in [0.05, 0.1) is 6.10 Å². The van der Waals surface area contributed by atoms with Crippen LogP contribution in [0.25, 0.3) is 0 Å². The Morgan fingerprint density at radius 1 is 1.12 bits per heavy atom. The van der Waals surface area contributed by atoms with Gasteiger partial charge in [-0.15, -0.1) is 0 Å². The Hall–Kier alpha value is -1.26. The van der Waals surface area contributed by atoms with Gasteiger partial charge >= 0.3 is 0 Å². The summed E-state index contributed by atoms with van der Waals surface area (Å²) in [7, 11) is 0. The second kappa shape index (κ2) is 9.90. The minimum Gasteiger partial charge on any atom is -1.00 e. The first-order chi connectivity index (χ1) is 11.3. The molecule has 1 unspecified atom stereocenters. The summed E-state index contributed by atoms with van der Waals surface area (Å²) in [5.74, 6) is 0.886. The van der Waals surface area contributed by atoms with Crippen molar-refractivity contribution in [3.8, 4) is 5.75 Å². The Morgan fingerprint density at radius 3 is 2.71 bits per heavy atom. The number of hydrogen-bond acceptors (Lipinski definition) is 3. The van der Waals surface area contributed by atoms with Crippen LogP contribution in [0.1, 0.15) is 24.0 Å². The van der Waals surface area contributed by atoms with Gasteiger partial charge in [-0.3, -0.25) is 0 Å². The standard InChI is InChI=1S/C19H22ClNO2.ClH/c20-17-8-6-15(7-9-17)14-23-18-4-1-3-16(11-18)12-21-13-19-5-2-10-22-19;/h1,3-4,6-9,11,19,21H,2,5,10,12-14H2;1H/p-1. The van der Waals surface area contributed by atoms with Crippen molar-refractivity contribution in [2.24, 2.45) is 0 Å². The predicted molar refractivity (Wildman–Crippen MR) is 92.9 cm³/mol. The molecule has 5 heteroatoms. The third-order valence-electron chi connectivity index (χ3n) is 3.94. The van der Waals surface area contributed by atoms with Gasteiger partial charge in [-0.05, 0) is 48.2 Å². The number of hydrogen-bond donors (Lipinski definition) is 1. The molecule has 24 heavy (non-hydrogen) atoms. The van der Waals surface area contributed by atoms with E-state index in [1.165, 1.54) is 12.0 Å². The zero-order chi connectivity index (χ0) is 15.9. The third kappa shape index (κ3) is 5.99. The van der Waals surface area contributed by atoms with Crippen LogP contribution in [-0.4, -0.2) is 19.3 Å². The minimum atomic E-state index is 0. The molecule has 3 nitrogen and oxygen atoms in total. The van der Waals surface area contributed by atoms with Gasteiger partial charge < -0.3 is 27.2 Å². The summed E-state index contributed by atoms with van der Waals surface area (Å²) < 4.78 is 11.5. The van der Waals surface area contributed by atoms with Crippen molar-refractivity contribution < 1.29 is 21.9 Å². The normalized spacial score (nSPS) is 16.6. The average molecular weight is 367 g/mol. The molecule has 1 N–H and O–H groups in total. The van der Waals surface area contributed by atoms with Crippen molar-refractivity contribution in [3.63, 3.8) is 0 Å². The smallest absolute Gasteiger partial charge is 0.120 e. The van der Waals surface area contributed by atoms with Crippen molar-refractivity contribution in [2.75, 3.05) is 13.2 Å². The lowest BCUT2D eigenvalue weighted by molar-refractivity contribution is -0.00000628. The molecule has 0 saturated carbocycles. The van der Waals surface area contributed by atoms with Crippen LogP contribution in [0.4, 0.5) is 0 Å². The lowest BCUT2D eigenvalue weighted by atomic mass is 10.2. The van der Waals surface area contributed by atoms with Crippen LogP contribution in [0.2, 0.25) is 5.02 Å². The molecule has 0 aliphatic carbocycles. The van der Waals surface area contributed by atoms with Crippen molar-refractivity contribution in [1.29, 1.82) is 0 Å². The van der Waals surface area contributed by atoms with E-state index in [0.29, 0.717) is 12.7 Å². The quantitative estimate of drug-likeness (QED) is 0.798. The predicted octanol–water partition coefficient (Wildman–Crippen LogP) is 1.19. The van der Waals surface area contributed by atoms with Crippen molar-refractivity contribution >= 4 is 11.6 Å². The molecule has 130 valence electrons. The van der Waals surface area contributed by atoms with Gasteiger partial charge in [-0.25, -0.2) is 0 Å². The molecule has 3 rings (SSSR count). The summed E-state index contributed by atoms with van der Waals surface area (Å²) in [5, 5.41) is 4.20. The molecule has 0 bridgehead atoms. The summed E-state index contributed by atoms with van der Waals surface area (Å²) in [4.78, 5) is 0. The van der Waals surface area contributed by atoms with Crippen LogP contribution in [0, 0.1) is 0 Å². The summed E-state index contributed by atoms with van der Waals surface area (Å²) in [6.07, 6.45) is 2.72. The zero-order valence-corrected chi connectivity index (χ0v) is 15.0. The number of nitrogens with one attached hydrogen (secondary N) is 1. The Labute approximate surface area is 154 Å². The fraction of sp³-hybridized carbons (Fsp3) is 0.368. The molecule has 1 fully saturated rings. The monoisotopic (exact) mass is 366 g/mol. The average Bonchev–Trinajstić information content (AvgIpc) is 3.08. The maximum atomic E-state index is 5.89. The highest BCUT2D eigenvalue weighted by atomic mass is 35.5. The van der Waals surface area contributed by atoms with Crippen molar-refractivity contribution in [1.82, 2.24) is 5.32 Å². The highest BCUT2D eigenvalue weighted by Crippen LogP contribution is 2.17. The van der Waals surface area contributed by atoms with E-state index in [1.54, 1.807) is 0 Å². The number of rotatable bonds is 7. The fourth-order valence-corrected chi connectivity index (χ4v) is 2.80. The van der Waals surface area contributed by atoms with Gasteiger partial charge in [0.25, 0.3) is 0 Å². The first-order valence-corrected chi connectivity index (χ1v) is 8.46. The van der Waals surface area contributed by atoms with Gasteiger partial charge in [-0.1, -0.05) is 35.9 Å². The van der Waals surface area contributed by atoms with Gasteiger partial charge in [0, 0.05) is 24.7 Å². The van der Waals surface area contributed by atoms with E-state index in [-0.39, 0.29) is 12.4 Å². The molecule has 0 amide bonds. The molecule has 1 heterocycles. The second-order valence-corrected chi connectivity index (χ2v) is 6.26. The van der Waals surface area contributed by atoms with Gasteiger partial charge in [0.15, 0.2) is 0 Å². The molecule has 1 aliphatic heterocycles. The van der Waals surface area contributed by atoms with E-state index in [4.69, 9.17) is 21.1 Å². The summed E-state index contributed by atoms with van der Waals surface area (Å²) in [5.41, 5.74) is 2.33. The molecule has 1 aliphatic rings. The van der Waals surface area contributed by atoms with Gasteiger partial charge in [0.1, 0.15) is 12.4 Å². The first kappa shape index (κ1) is 19.1. The number of ether oxygens (including phenoxy) is 2. The summed E-state index contributed by atoms with van der Waals surface area (Å²) in [6.45, 7) is 3.19. The van der Waals surface area contributed by atoms with Crippen LogP contribution in [0.5, 0.6) is 5.75 Å². The maximum absolute atomic E-state index is 5.89. The number of benzene rings is 2. The van der Waals surface area contributed by atoms with E-state index < -0.39 is 0 Å². The largest absolute Gasteiger partial charge is 1.00 e. The van der Waals surface area contributed by atoms with E-state index in [2.05, 4.69) is 17.4 Å². The van der Waals surface area contributed by atoms with E-state index in [9.17, 15) is 0 Å². The molecule has 0 spiro atoms. The maximum Gasteiger partial charge on any atom is 0.120 e. The highest BCUT2D eigenvalue weighted by Gasteiger charge is 2.14. The molecule has 0 aromatic heterocycles. The highest BCUT2D eigenvalue weighted by molar-refractivity contribution is 6.30. The third-order valence-corrected chi connectivity index (χ3v) is 4.19. The molecular weight excluding hydrogens is 345 g/mol. The van der Waals surface area contributed by atoms with Crippen LogP contribution >= 0.6 is 11.6 Å². The Morgan fingerprint density at radius 2 is 1.96 bits per heavy atom. The Kier molecular flexibility index (Phi) is 7.86. The zero-order valence-electron chi connectivity index (χ0n) is 13.5. The molecule has 2 aromatic carbocycles. The molecule has 2 aromatic rings. The number of halogens is 2. The molecule has 1 saturated heterocycles. The van der Waals surface area contributed by atoms with Crippen molar-refractivity contribution in [3.05, 3.63) is 64.7 Å². The summed E-state index contributed by atoms with van der Waals surface area (Å²) >= 11 is 5.89.